The lowest BCUT2D eigenvalue weighted by Gasteiger charge is -2.16. The molecule has 112 valence electrons. The Bertz CT molecular complexity index is 464. The Labute approximate surface area is 114 Å². The summed E-state index contributed by atoms with van der Waals surface area (Å²) in [7, 11) is 1.95. The fourth-order valence-corrected chi connectivity index (χ4v) is 1.69. The van der Waals surface area contributed by atoms with Crippen molar-refractivity contribution in [3.05, 3.63) is 11.9 Å². The number of nitrogens with one attached hydrogen (secondary N) is 1. The second kappa shape index (κ2) is 5.80. The number of alkyl halides is 3. The number of rotatable bonds is 6. The van der Waals surface area contributed by atoms with Crippen molar-refractivity contribution < 1.29 is 17.9 Å². The van der Waals surface area contributed by atoms with Gasteiger partial charge in [0.1, 0.15) is 12.4 Å². The molecule has 1 saturated carbocycles. The van der Waals surface area contributed by atoms with Crippen LogP contribution in [0, 0.1) is 0 Å². The van der Waals surface area contributed by atoms with E-state index < -0.39 is 12.0 Å². The first-order valence-electron chi connectivity index (χ1n) is 6.16. The zero-order valence-electron chi connectivity index (χ0n) is 10.9. The van der Waals surface area contributed by atoms with Gasteiger partial charge in [0.15, 0.2) is 0 Å². The molecule has 1 aromatic rings. The third kappa shape index (κ3) is 3.94. The molecule has 0 bridgehead atoms. The Balaban J connectivity index is 1.98. The summed E-state index contributed by atoms with van der Waals surface area (Å²) in [6.07, 6.45) is -2.33. The minimum absolute atomic E-state index is 0.141. The van der Waals surface area contributed by atoms with Gasteiger partial charge in [-0.2, -0.15) is 18.2 Å². The zero-order valence-corrected chi connectivity index (χ0v) is 10.9. The Hall–Kier alpha value is -1.61. The lowest BCUT2D eigenvalue weighted by molar-refractivity contribution is -0.145. The molecule has 20 heavy (non-hydrogen) atoms. The van der Waals surface area contributed by atoms with Crippen LogP contribution in [0.1, 0.15) is 18.7 Å². The lowest BCUT2D eigenvalue weighted by atomic mass is 10.5. The number of hydrogen-bond acceptors (Lipinski definition) is 6. The van der Waals surface area contributed by atoms with Gasteiger partial charge in [-0.05, 0) is 19.9 Å². The van der Waals surface area contributed by atoms with E-state index in [0.29, 0.717) is 12.6 Å². The second-order valence-electron chi connectivity index (χ2n) is 4.62. The van der Waals surface area contributed by atoms with E-state index in [1.165, 1.54) is 6.07 Å². The fraction of sp³-hybridized carbons (Fsp3) is 0.636. The van der Waals surface area contributed by atoms with E-state index in [-0.39, 0.29) is 18.3 Å². The summed E-state index contributed by atoms with van der Waals surface area (Å²) in [6, 6.07) is 1.79. The molecular weight excluding hydrogens is 275 g/mol. The number of aromatic nitrogens is 2. The van der Waals surface area contributed by atoms with Gasteiger partial charge in [-0.1, -0.05) is 0 Å². The van der Waals surface area contributed by atoms with Crippen LogP contribution < -0.4 is 16.0 Å². The van der Waals surface area contributed by atoms with Gasteiger partial charge < -0.3 is 15.1 Å². The number of nitrogens with two attached hydrogens (primary N) is 1. The summed E-state index contributed by atoms with van der Waals surface area (Å²) in [6.45, 7) is 0.882. The van der Waals surface area contributed by atoms with Crippen LogP contribution in [0.15, 0.2) is 6.07 Å². The summed E-state index contributed by atoms with van der Waals surface area (Å²) in [4.78, 5) is 8.68. The molecule has 1 aliphatic rings. The van der Waals surface area contributed by atoms with Gasteiger partial charge in [0.2, 0.25) is 11.7 Å². The third-order valence-electron chi connectivity index (χ3n) is 2.97. The van der Waals surface area contributed by atoms with E-state index in [1.807, 2.05) is 7.05 Å². The molecule has 0 saturated heterocycles. The first-order chi connectivity index (χ1) is 9.40. The molecule has 0 aliphatic heterocycles. The topological polar surface area (TPSA) is 76.3 Å². The van der Waals surface area contributed by atoms with Crippen LogP contribution in [0.2, 0.25) is 0 Å². The molecule has 3 N–H and O–H groups in total. The van der Waals surface area contributed by atoms with Crippen LogP contribution in [0.5, 0.6) is 5.88 Å². The highest BCUT2D eigenvalue weighted by Crippen LogP contribution is 2.29. The summed E-state index contributed by atoms with van der Waals surface area (Å²) in [5.41, 5.74) is 2.07. The average molecular weight is 291 g/mol. The van der Waals surface area contributed by atoms with Gasteiger partial charge in [-0.25, -0.2) is 10.8 Å². The molecule has 0 unspecified atom stereocenters. The third-order valence-corrected chi connectivity index (χ3v) is 2.97. The van der Waals surface area contributed by atoms with Gasteiger partial charge in [-0.3, -0.25) is 0 Å². The van der Waals surface area contributed by atoms with E-state index in [9.17, 15) is 13.2 Å². The normalized spacial score (nSPS) is 15.5. The van der Waals surface area contributed by atoms with E-state index in [2.05, 4.69) is 20.3 Å². The number of anilines is 1. The molecule has 0 amide bonds. The first-order valence-corrected chi connectivity index (χ1v) is 6.16. The summed E-state index contributed by atoms with van der Waals surface area (Å²) in [5, 5.41) is 0. The summed E-state index contributed by atoms with van der Waals surface area (Å²) < 4.78 is 43.0. The number of halogens is 3. The second-order valence-corrected chi connectivity index (χ2v) is 4.62. The van der Waals surface area contributed by atoms with Crippen LogP contribution >= 0.6 is 0 Å². The van der Waals surface area contributed by atoms with Crippen LogP contribution in [-0.4, -0.2) is 41.1 Å². The minimum atomic E-state index is -4.64. The highest BCUT2D eigenvalue weighted by atomic mass is 19.4. The Morgan fingerprint density at radius 3 is 2.70 bits per heavy atom. The maximum atomic E-state index is 12.6. The molecule has 0 spiro atoms. The fourth-order valence-electron chi connectivity index (χ4n) is 1.69. The molecule has 1 aromatic heterocycles. The Kier molecular flexibility index (Phi) is 4.29. The molecule has 2 rings (SSSR count). The van der Waals surface area contributed by atoms with Crippen molar-refractivity contribution in [2.45, 2.75) is 25.1 Å². The van der Waals surface area contributed by atoms with Gasteiger partial charge in [-0.15, -0.1) is 0 Å². The maximum absolute atomic E-state index is 12.6. The van der Waals surface area contributed by atoms with E-state index in [4.69, 9.17) is 10.6 Å². The Morgan fingerprint density at radius 1 is 1.45 bits per heavy atom. The number of ether oxygens (including phenoxy) is 1. The van der Waals surface area contributed by atoms with Crippen LogP contribution in [-0.2, 0) is 6.18 Å². The van der Waals surface area contributed by atoms with Crippen LogP contribution in [0.3, 0.4) is 0 Å². The maximum Gasteiger partial charge on any atom is 0.451 e. The van der Waals surface area contributed by atoms with Crippen LogP contribution in [0.4, 0.5) is 19.0 Å². The standard InChI is InChI=1S/C11H16F3N5O/c1-19(7-2-3-7)4-5-20-9-6-8(18-15)16-10(17-9)11(12,13)14/h6-7H,2-5,15H2,1H3,(H,16,17,18). The molecule has 0 atom stereocenters. The molecule has 1 aliphatic carbocycles. The smallest absolute Gasteiger partial charge is 0.451 e. The highest BCUT2D eigenvalue weighted by Gasteiger charge is 2.35. The van der Waals surface area contributed by atoms with Gasteiger partial charge in [0.05, 0.1) is 0 Å². The number of nitrogen functional groups attached to an aromatic ring is 1. The summed E-state index contributed by atoms with van der Waals surface area (Å²) in [5.74, 6) is 3.52. The van der Waals surface area contributed by atoms with Gasteiger partial charge in [0.25, 0.3) is 0 Å². The van der Waals surface area contributed by atoms with E-state index in [1.54, 1.807) is 0 Å². The van der Waals surface area contributed by atoms with Crippen molar-refractivity contribution >= 4 is 5.82 Å². The lowest BCUT2D eigenvalue weighted by Crippen LogP contribution is -2.26. The molecule has 1 heterocycles. The van der Waals surface area contributed by atoms with Crippen molar-refractivity contribution in [1.82, 2.24) is 14.9 Å². The quantitative estimate of drug-likeness (QED) is 0.607. The molecular formula is C11H16F3N5O. The van der Waals surface area contributed by atoms with Crippen LogP contribution in [0.25, 0.3) is 0 Å². The zero-order chi connectivity index (χ0) is 14.8. The van der Waals surface area contributed by atoms with Crippen molar-refractivity contribution in [1.29, 1.82) is 0 Å². The van der Waals surface area contributed by atoms with E-state index in [0.717, 1.165) is 12.8 Å². The van der Waals surface area contributed by atoms with Gasteiger partial charge in [0, 0.05) is 18.7 Å². The molecule has 1 fully saturated rings. The summed E-state index contributed by atoms with van der Waals surface area (Å²) >= 11 is 0. The largest absolute Gasteiger partial charge is 0.476 e. The van der Waals surface area contributed by atoms with Crippen molar-refractivity contribution in [3.8, 4) is 5.88 Å². The number of hydrazine groups is 1. The minimum Gasteiger partial charge on any atom is -0.476 e. The molecule has 0 radical (unpaired) electrons. The predicted octanol–water partition coefficient (Wildman–Crippen LogP) is 1.25. The van der Waals surface area contributed by atoms with Crippen molar-refractivity contribution in [2.24, 2.45) is 5.84 Å². The van der Waals surface area contributed by atoms with Gasteiger partial charge >= 0.3 is 6.18 Å². The number of likely N-dealkylation sites (N-methyl/N-ethyl adjacent to an activating group) is 1. The molecule has 9 heteroatoms. The first kappa shape index (κ1) is 14.8. The monoisotopic (exact) mass is 291 g/mol. The molecule has 0 aromatic carbocycles. The highest BCUT2D eigenvalue weighted by molar-refractivity contribution is 5.37. The SMILES string of the molecule is CN(CCOc1cc(NN)nc(C(F)(F)F)n1)C1CC1. The average Bonchev–Trinajstić information content (AvgIpc) is 3.21. The number of nitrogens with zero attached hydrogens (tertiary/aromatic N) is 3. The molecule has 6 nitrogen and oxygen atoms in total. The van der Waals surface area contributed by atoms with Crippen molar-refractivity contribution in [2.75, 3.05) is 25.6 Å². The predicted molar refractivity (Wildman–Crippen MR) is 66.0 cm³/mol. The number of hydrogen-bond donors (Lipinski definition) is 2. The van der Waals surface area contributed by atoms with E-state index >= 15 is 0 Å². The van der Waals surface area contributed by atoms with Crippen molar-refractivity contribution in [3.63, 3.8) is 0 Å². The Morgan fingerprint density at radius 2 is 2.15 bits per heavy atom.